The van der Waals surface area contributed by atoms with E-state index in [2.05, 4.69) is 5.10 Å². The molecule has 0 aromatic carbocycles. The molecule has 4 rings (SSSR count). The third kappa shape index (κ3) is 2.77. The Labute approximate surface area is 140 Å². The summed E-state index contributed by atoms with van der Waals surface area (Å²) < 4.78 is 7.16. The van der Waals surface area contributed by atoms with Gasteiger partial charge < -0.3 is 9.32 Å². The van der Waals surface area contributed by atoms with Crippen LogP contribution in [0.1, 0.15) is 64.5 Å². The monoisotopic (exact) mass is 327 g/mol. The molecule has 0 spiro atoms. The fourth-order valence-electron chi connectivity index (χ4n) is 3.53. The first-order chi connectivity index (χ1) is 11.6. The van der Waals surface area contributed by atoms with Crippen molar-refractivity contribution in [3.63, 3.8) is 0 Å². The van der Waals surface area contributed by atoms with Crippen LogP contribution < -0.4 is 0 Å². The van der Waals surface area contributed by atoms with E-state index in [-0.39, 0.29) is 17.7 Å². The lowest BCUT2D eigenvalue weighted by molar-refractivity contribution is 0.0715. The van der Waals surface area contributed by atoms with E-state index in [9.17, 15) is 9.59 Å². The molecule has 0 radical (unpaired) electrons. The quantitative estimate of drug-likeness (QED) is 0.792. The highest BCUT2D eigenvalue weighted by atomic mass is 16.3. The molecule has 6 nitrogen and oxygen atoms in total. The average molecular weight is 327 g/mol. The summed E-state index contributed by atoms with van der Waals surface area (Å²) in [6.45, 7) is 0.707. The van der Waals surface area contributed by atoms with Crippen LogP contribution in [0.2, 0.25) is 0 Å². The molecule has 1 saturated heterocycles. The molecule has 1 aliphatic heterocycles. The van der Waals surface area contributed by atoms with E-state index in [0.29, 0.717) is 30.0 Å². The molecule has 1 atom stereocenters. The van der Waals surface area contributed by atoms with Gasteiger partial charge in [0.1, 0.15) is 5.76 Å². The fraction of sp³-hybridized carbons (Fsp3) is 0.500. The van der Waals surface area contributed by atoms with Gasteiger partial charge in [0.05, 0.1) is 23.6 Å². The Morgan fingerprint density at radius 2 is 2.17 bits per heavy atom. The Kier molecular flexibility index (Phi) is 3.75. The van der Waals surface area contributed by atoms with Gasteiger partial charge in [0.2, 0.25) is 0 Å². The highest BCUT2D eigenvalue weighted by Gasteiger charge is 2.36. The van der Waals surface area contributed by atoms with Crippen molar-refractivity contribution >= 4 is 11.7 Å². The van der Waals surface area contributed by atoms with Gasteiger partial charge in [0.15, 0.2) is 5.78 Å². The fourth-order valence-corrected chi connectivity index (χ4v) is 3.53. The maximum atomic E-state index is 12.9. The van der Waals surface area contributed by atoms with E-state index >= 15 is 0 Å². The normalized spacial score (nSPS) is 20.5. The molecule has 6 heteroatoms. The molecule has 1 amide bonds. The maximum Gasteiger partial charge on any atom is 0.257 e. The lowest BCUT2D eigenvalue weighted by Gasteiger charge is -2.24. The minimum absolute atomic E-state index is 0.00661. The van der Waals surface area contributed by atoms with Gasteiger partial charge in [-0.2, -0.15) is 5.10 Å². The minimum Gasteiger partial charge on any atom is -0.468 e. The molecule has 1 aliphatic carbocycles. The Bertz CT molecular complexity index is 772. The first-order valence-corrected chi connectivity index (χ1v) is 8.53. The van der Waals surface area contributed by atoms with Gasteiger partial charge in [-0.05, 0) is 31.7 Å². The summed E-state index contributed by atoms with van der Waals surface area (Å²) in [4.78, 5) is 27.2. The highest BCUT2D eigenvalue weighted by molar-refractivity contribution is 5.98. The number of carbonyl (C=O) groups is 2. The number of carbonyl (C=O) groups excluding carboxylic acids is 2. The lowest BCUT2D eigenvalue weighted by atomic mass is 10.0. The number of furan rings is 1. The standard InChI is InChI=1S/C18H21N3O3/c1-20-11-13(10-19-20)16(22)9-14-3-2-7-21(14)18(23)15-6-8-24-17(15)12-4-5-12/h6,8,10-12,14H,2-5,7,9H2,1H3/t14-/m1/s1. The molecule has 126 valence electrons. The number of nitrogens with zero attached hydrogens (tertiary/aromatic N) is 3. The predicted octanol–water partition coefficient (Wildman–Crippen LogP) is 2.77. The van der Waals surface area contributed by atoms with Crippen molar-refractivity contribution in [2.45, 2.75) is 44.1 Å². The number of aryl methyl sites for hydroxylation is 1. The molecule has 0 unspecified atom stereocenters. The number of hydrogen-bond donors (Lipinski definition) is 0. The molecule has 2 aromatic heterocycles. The van der Waals surface area contributed by atoms with Crippen LogP contribution in [0.3, 0.4) is 0 Å². The first-order valence-electron chi connectivity index (χ1n) is 8.53. The average Bonchev–Trinajstić information content (AvgIpc) is 2.99. The van der Waals surface area contributed by atoms with Crippen LogP contribution in [-0.4, -0.2) is 39.0 Å². The van der Waals surface area contributed by atoms with E-state index in [0.717, 1.165) is 31.4 Å². The van der Waals surface area contributed by atoms with Crippen LogP contribution in [0.15, 0.2) is 29.1 Å². The largest absolute Gasteiger partial charge is 0.468 e. The summed E-state index contributed by atoms with van der Waals surface area (Å²) in [5.74, 6) is 1.27. The van der Waals surface area contributed by atoms with E-state index in [4.69, 9.17) is 4.42 Å². The van der Waals surface area contributed by atoms with E-state index < -0.39 is 0 Å². The Morgan fingerprint density at radius 1 is 1.33 bits per heavy atom. The molecular weight excluding hydrogens is 306 g/mol. The summed E-state index contributed by atoms with van der Waals surface area (Å²) in [6.07, 6.45) is 9.27. The molecule has 1 saturated carbocycles. The van der Waals surface area contributed by atoms with Crippen molar-refractivity contribution in [3.8, 4) is 0 Å². The van der Waals surface area contributed by atoms with Crippen molar-refractivity contribution in [1.82, 2.24) is 14.7 Å². The van der Waals surface area contributed by atoms with Crippen LogP contribution >= 0.6 is 0 Å². The van der Waals surface area contributed by atoms with Crippen LogP contribution in [0.25, 0.3) is 0 Å². The van der Waals surface area contributed by atoms with E-state index in [1.807, 2.05) is 4.90 Å². The minimum atomic E-state index is -0.0350. The highest BCUT2D eigenvalue weighted by Crippen LogP contribution is 2.42. The molecule has 0 N–H and O–H groups in total. The van der Waals surface area contributed by atoms with Crippen molar-refractivity contribution in [2.75, 3.05) is 6.54 Å². The van der Waals surface area contributed by atoms with Gasteiger partial charge in [-0.1, -0.05) is 0 Å². The van der Waals surface area contributed by atoms with E-state index in [1.54, 1.807) is 36.5 Å². The Balaban J connectivity index is 1.49. The smallest absolute Gasteiger partial charge is 0.257 e. The van der Waals surface area contributed by atoms with E-state index in [1.165, 1.54) is 0 Å². The summed E-state index contributed by atoms with van der Waals surface area (Å²) >= 11 is 0. The SMILES string of the molecule is Cn1cc(C(=O)C[C@H]2CCCN2C(=O)c2ccoc2C2CC2)cn1. The maximum absolute atomic E-state index is 12.9. The topological polar surface area (TPSA) is 68.3 Å². The number of hydrogen-bond acceptors (Lipinski definition) is 4. The number of Topliss-reactive ketones (excluding diaryl/α,β-unsaturated/α-hetero) is 1. The third-order valence-electron chi connectivity index (χ3n) is 4.96. The summed E-state index contributed by atoms with van der Waals surface area (Å²) in [5.41, 5.74) is 1.29. The molecule has 3 heterocycles. The van der Waals surface area contributed by atoms with Crippen LogP contribution in [-0.2, 0) is 7.05 Å². The van der Waals surface area contributed by atoms with Gasteiger partial charge in [-0.15, -0.1) is 0 Å². The van der Waals surface area contributed by atoms with Crippen molar-refractivity contribution < 1.29 is 14.0 Å². The summed E-state index contributed by atoms with van der Waals surface area (Å²) in [7, 11) is 1.79. The zero-order valence-corrected chi connectivity index (χ0v) is 13.8. The van der Waals surface area contributed by atoms with Gasteiger partial charge >= 0.3 is 0 Å². The number of rotatable bonds is 5. The third-order valence-corrected chi connectivity index (χ3v) is 4.96. The Morgan fingerprint density at radius 3 is 2.88 bits per heavy atom. The second-order valence-electron chi connectivity index (χ2n) is 6.80. The number of likely N-dealkylation sites (tertiary alicyclic amines) is 1. The zero-order chi connectivity index (χ0) is 16.7. The molecule has 24 heavy (non-hydrogen) atoms. The van der Waals surface area contributed by atoms with Crippen LogP contribution in [0.4, 0.5) is 0 Å². The molecular formula is C18H21N3O3. The van der Waals surface area contributed by atoms with Gasteiger partial charge in [0, 0.05) is 38.2 Å². The molecule has 2 fully saturated rings. The zero-order valence-electron chi connectivity index (χ0n) is 13.8. The second kappa shape index (κ2) is 5.92. The first kappa shape index (κ1) is 15.2. The van der Waals surface area contributed by atoms with Crippen LogP contribution in [0.5, 0.6) is 0 Å². The van der Waals surface area contributed by atoms with Crippen molar-refractivity contribution in [1.29, 1.82) is 0 Å². The number of ketones is 1. The van der Waals surface area contributed by atoms with Crippen LogP contribution in [0, 0.1) is 0 Å². The number of amides is 1. The Hall–Kier alpha value is -2.37. The summed E-state index contributed by atoms with van der Waals surface area (Å²) in [6, 6.07) is 1.74. The lowest BCUT2D eigenvalue weighted by Crippen LogP contribution is -2.37. The molecule has 2 aromatic rings. The van der Waals surface area contributed by atoms with Gasteiger partial charge in [-0.25, -0.2) is 0 Å². The predicted molar refractivity (Wildman–Crippen MR) is 86.9 cm³/mol. The summed E-state index contributed by atoms with van der Waals surface area (Å²) in [5, 5.41) is 4.05. The van der Waals surface area contributed by atoms with Crippen molar-refractivity contribution in [3.05, 3.63) is 41.6 Å². The molecule has 2 aliphatic rings. The molecule has 0 bridgehead atoms. The van der Waals surface area contributed by atoms with Gasteiger partial charge in [-0.3, -0.25) is 14.3 Å². The van der Waals surface area contributed by atoms with Gasteiger partial charge in [0.25, 0.3) is 5.91 Å². The second-order valence-corrected chi connectivity index (χ2v) is 6.80. The van der Waals surface area contributed by atoms with Crippen molar-refractivity contribution in [2.24, 2.45) is 7.05 Å². The number of aromatic nitrogens is 2.